The molecule has 2 aliphatic rings. The predicted octanol–water partition coefficient (Wildman–Crippen LogP) is -1.27. The Morgan fingerprint density at radius 2 is 2.22 bits per heavy atom. The third-order valence-electron chi connectivity index (χ3n) is 3.53. The molecule has 0 aromatic rings. The van der Waals surface area contributed by atoms with Crippen LogP contribution in [0.15, 0.2) is 12.2 Å². The molecule has 18 heavy (non-hydrogen) atoms. The molecule has 2 N–H and O–H groups in total. The Bertz CT molecular complexity index is 539. The molecular formula is C10H13NO6S. The molecule has 2 saturated heterocycles. The third kappa shape index (κ3) is 1.36. The number of amides is 1. The molecule has 0 spiro atoms. The summed E-state index contributed by atoms with van der Waals surface area (Å²) in [5, 5.41) is 16.8. The smallest absolute Gasteiger partial charge is 0.328 e. The average molecular weight is 275 g/mol. The van der Waals surface area contributed by atoms with E-state index in [1.807, 2.05) is 0 Å². The molecule has 0 unspecified atom stereocenters. The van der Waals surface area contributed by atoms with E-state index >= 15 is 0 Å². The largest absolute Gasteiger partial charge is 0.480 e. The van der Waals surface area contributed by atoms with Gasteiger partial charge in [-0.25, -0.2) is 13.2 Å². The fourth-order valence-corrected chi connectivity index (χ4v) is 4.83. The van der Waals surface area contributed by atoms with Crippen LogP contribution in [0.4, 0.5) is 0 Å². The van der Waals surface area contributed by atoms with Crippen LogP contribution in [0.1, 0.15) is 13.3 Å². The minimum absolute atomic E-state index is 0.172. The second-order valence-electron chi connectivity index (χ2n) is 4.51. The van der Waals surface area contributed by atoms with Gasteiger partial charge in [0.15, 0.2) is 15.9 Å². The lowest BCUT2D eigenvalue weighted by Crippen LogP contribution is -2.57. The number of aliphatic hydroxyl groups excluding tert-OH is 1. The number of aliphatic carboxylic acids is 1. The molecule has 0 bridgehead atoms. The number of carboxylic acids is 1. The number of carbonyl (C=O) groups excluding carboxylic acids is 1. The quantitative estimate of drug-likeness (QED) is 0.491. The molecule has 0 aromatic carbocycles. The molecule has 2 aliphatic heterocycles. The highest BCUT2D eigenvalue weighted by Gasteiger charge is 2.68. The number of fused-ring (bicyclic) bond motifs is 1. The van der Waals surface area contributed by atoms with Crippen LogP contribution >= 0.6 is 0 Å². The Kier molecular flexibility index (Phi) is 2.74. The zero-order valence-corrected chi connectivity index (χ0v) is 10.4. The molecule has 0 aliphatic carbocycles. The first-order chi connectivity index (χ1) is 8.27. The Morgan fingerprint density at radius 1 is 1.61 bits per heavy atom. The summed E-state index contributed by atoms with van der Waals surface area (Å²) in [5.74, 6) is -1.84. The summed E-state index contributed by atoms with van der Waals surface area (Å²) in [6.07, 6.45) is 2.17. The van der Waals surface area contributed by atoms with Crippen molar-refractivity contribution in [1.82, 2.24) is 4.90 Å². The highest BCUT2D eigenvalue weighted by atomic mass is 32.2. The molecule has 0 aromatic heterocycles. The number of carbonyl (C=O) groups is 2. The molecular weight excluding hydrogens is 262 g/mol. The van der Waals surface area contributed by atoms with Gasteiger partial charge in [-0.2, -0.15) is 0 Å². The zero-order chi connectivity index (χ0) is 13.7. The van der Waals surface area contributed by atoms with Crippen LogP contribution in [0.2, 0.25) is 0 Å². The van der Waals surface area contributed by atoms with E-state index in [1.165, 1.54) is 13.0 Å². The lowest BCUT2D eigenvalue weighted by molar-refractivity contribution is -0.157. The monoisotopic (exact) mass is 275 g/mol. The van der Waals surface area contributed by atoms with Crippen molar-refractivity contribution < 1.29 is 28.2 Å². The second-order valence-corrected chi connectivity index (χ2v) is 7.03. The number of aliphatic hydroxyl groups is 1. The van der Waals surface area contributed by atoms with E-state index in [4.69, 9.17) is 10.2 Å². The molecule has 1 amide bonds. The van der Waals surface area contributed by atoms with Gasteiger partial charge in [-0.15, -0.1) is 0 Å². The highest BCUT2D eigenvalue weighted by Crippen LogP contribution is 2.46. The molecule has 3 atom stereocenters. The van der Waals surface area contributed by atoms with Crippen molar-refractivity contribution in [3.63, 3.8) is 0 Å². The lowest BCUT2D eigenvalue weighted by Gasteiger charge is -2.35. The van der Waals surface area contributed by atoms with Crippen LogP contribution in [0.3, 0.4) is 0 Å². The summed E-state index contributed by atoms with van der Waals surface area (Å²) in [7, 11) is -3.80. The predicted molar refractivity (Wildman–Crippen MR) is 60.2 cm³/mol. The van der Waals surface area contributed by atoms with Gasteiger partial charge in [-0.05, 0) is 6.92 Å². The van der Waals surface area contributed by atoms with Crippen LogP contribution in [0.5, 0.6) is 0 Å². The summed E-state index contributed by atoms with van der Waals surface area (Å²) in [6.45, 7) is 0.870. The van der Waals surface area contributed by atoms with Gasteiger partial charge in [0.25, 0.3) is 0 Å². The maximum absolute atomic E-state index is 12.3. The van der Waals surface area contributed by atoms with Gasteiger partial charge >= 0.3 is 5.97 Å². The Labute approximate surface area is 104 Å². The Balaban J connectivity index is 2.57. The van der Waals surface area contributed by atoms with Gasteiger partial charge in [-0.1, -0.05) is 12.2 Å². The van der Waals surface area contributed by atoms with Gasteiger partial charge in [-0.3, -0.25) is 4.79 Å². The second kappa shape index (κ2) is 3.79. The summed E-state index contributed by atoms with van der Waals surface area (Å²) in [6, 6.07) is -1.43. The van der Waals surface area contributed by atoms with Crippen molar-refractivity contribution in [2.75, 3.05) is 6.61 Å². The molecule has 0 saturated carbocycles. The SMILES string of the molecule is C[C@]1(C=CCO)[C@H](C(=O)O)N2C(=O)C[C@H]2S1(=O)=O. The number of β-lactam (4-membered cyclic amide) rings is 1. The van der Waals surface area contributed by atoms with Crippen LogP contribution in [0, 0.1) is 0 Å². The Morgan fingerprint density at radius 3 is 2.67 bits per heavy atom. The maximum atomic E-state index is 12.3. The number of rotatable bonds is 3. The van der Waals surface area contributed by atoms with Crippen molar-refractivity contribution in [2.45, 2.75) is 29.5 Å². The van der Waals surface area contributed by atoms with Crippen molar-refractivity contribution in [1.29, 1.82) is 0 Å². The van der Waals surface area contributed by atoms with Crippen molar-refractivity contribution >= 4 is 21.7 Å². The van der Waals surface area contributed by atoms with Crippen molar-refractivity contribution in [2.24, 2.45) is 0 Å². The molecule has 100 valence electrons. The summed E-state index contributed by atoms with van der Waals surface area (Å²) in [4.78, 5) is 23.6. The first-order valence-corrected chi connectivity index (χ1v) is 6.88. The Hall–Kier alpha value is -1.41. The summed E-state index contributed by atoms with van der Waals surface area (Å²) in [5.41, 5.74) is 0. The highest BCUT2D eigenvalue weighted by molar-refractivity contribution is 7.94. The number of hydrogen-bond acceptors (Lipinski definition) is 5. The van der Waals surface area contributed by atoms with E-state index in [1.54, 1.807) is 0 Å². The molecule has 7 nitrogen and oxygen atoms in total. The third-order valence-corrected chi connectivity index (χ3v) is 6.22. The van der Waals surface area contributed by atoms with Crippen LogP contribution in [0.25, 0.3) is 0 Å². The van der Waals surface area contributed by atoms with E-state index in [2.05, 4.69) is 0 Å². The van der Waals surface area contributed by atoms with E-state index in [-0.39, 0.29) is 6.42 Å². The minimum atomic E-state index is -3.80. The average Bonchev–Trinajstić information content (AvgIpc) is 2.41. The first-order valence-electron chi connectivity index (χ1n) is 5.33. The number of sulfone groups is 1. The van der Waals surface area contributed by atoms with E-state index in [0.717, 1.165) is 11.0 Å². The zero-order valence-electron chi connectivity index (χ0n) is 9.61. The summed E-state index contributed by atoms with van der Waals surface area (Å²) < 4.78 is 22.8. The van der Waals surface area contributed by atoms with Crippen LogP contribution < -0.4 is 0 Å². The van der Waals surface area contributed by atoms with E-state index < -0.39 is 44.5 Å². The number of carboxylic acid groups (broad SMARTS) is 1. The molecule has 8 heteroatoms. The van der Waals surface area contributed by atoms with Gasteiger partial charge in [0.2, 0.25) is 5.91 Å². The van der Waals surface area contributed by atoms with Gasteiger partial charge in [0, 0.05) is 0 Å². The normalized spacial score (nSPS) is 37.7. The van der Waals surface area contributed by atoms with Gasteiger partial charge < -0.3 is 15.1 Å². The fourth-order valence-electron chi connectivity index (χ4n) is 2.53. The lowest BCUT2D eigenvalue weighted by atomic mass is 9.96. The van der Waals surface area contributed by atoms with Gasteiger partial charge in [0.05, 0.1) is 13.0 Å². The van der Waals surface area contributed by atoms with Crippen molar-refractivity contribution in [3.05, 3.63) is 12.2 Å². The molecule has 2 fully saturated rings. The van der Waals surface area contributed by atoms with Crippen LogP contribution in [-0.2, 0) is 19.4 Å². The van der Waals surface area contributed by atoms with Gasteiger partial charge in [0.1, 0.15) is 10.1 Å². The fraction of sp³-hybridized carbons (Fsp3) is 0.600. The maximum Gasteiger partial charge on any atom is 0.328 e. The van der Waals surface area contributed by atoms with E-state index in [0.29, 0.717) is 0 Å². The van der Waals surface area contributed by atoms with Crippen molar-refractivity contribution in [3.8, 4) is 0 Å². The standard InChI is InChI=1S/C10H13NO6S/c1-10(3-2-4-12)8(9(14)15)11-6(13)5-7(11)18(10,16)17/h2-3,7-8,12H,4-5H2,1H3,(H,14,15)/t7-,8+,10+/m1/s1. The van der Waals surface area contributed by atoms with E-state index in [9.17, 15) is 18.0 Å². The molecule has 2 rings (SSSR count). The number of hydrogen-bond donors (Lipinski definition) is 2. The topological polar surface area (TPSA) is 112 Å². The molecule has 2 heterocycles. The van der Waals surface area contributed by atoms with Crippen LogP contribution in [-0.4, -0.2) is 58.2 Å². The molecule has 0 radical (unpaired) electrons. The summed E-state index contributed by atoms with van der Waals surface area (Å²) >= 11 is 0. The minimum Gasteiger partial charge on any atom is -0.480 e. The first kappa shape index (κ1) is 13.0. The number of nitrogens with zero attached hydrogens (tertiary/aromatic N) is 1.